The van der Waals surface area contributed by atoms with Gasteiger partial charge in [-0.2, -0.15) is 5.26 Å². The monoisotopic (exact) mass is 268 g/mol. The number of halogens is 1. The molecule has 0 unspecified atom stereocenters. The summed E-state index contributed by atoms with van der Waals surface area (Å²) in [6, 6.07) is 14.5. The van der Waals surface area contributed by atoms with E-state index in [1.807, 2.05) is 37.3 Å². The number of hydrogen-bond donors (Lipinski definition) is 1. The van der Waals surface area contributed by atoms with Gasteiger partial charge in [-0.05, 0) is 60.8 Å². The summed E-state index contributed by atoms with van der Waals surface area (Å²) in [4.78, 5) is 0. The van der Waals surface area contributed by atoms with Crippen molar-refractivity contribution in [3.63, 3.8) is 0 Å². The Morgan fingerprint density at radius 2 is 1.90 bits per heavy atom. The van der Waals surface area contributed by atoms with Crippen LogP contribution in [-0.2, 0) is 13.0 Å². The van der Waals surface area contributed by atoms with E-state index in [2.05, 4.69) is 11.4 Å². The van der Waals surface area contributed by atoms with Gasteiger partial charge in [0.1, 0.15) is 5.82 Å². The zero-order chi connectivity index (χ0) is 14.4. The van der Waals surface area contributed by atoms with Crippen molar-refractivity contribution in [1.82, 2.24) is 5.32 Å². The lowest BCUT2D eigenvalue weighted by Crippen LogP contribution is -2.17. The van der Waals surface area contributed by atoms with E-state index in [-0.39, 0.29) is 5.82 Å². The van der Waals surface area contributed by atoms with E-state index in [1.54, 1.807) is 0 Å². The standard InChI is InChI=1S/C17H17FN2/c1-13-10-15(11-19)2-5-16(13)12-20-9-8-14-3-6-17(18)7-4-14/h2-7,10,20H,8-9,12H2,1H3. The summed E-state index contributed by atoms with van der Waals surface area (Å²) in [6.07, 6.45) is 0.871. The maximum absolute atomic E-state index is 12.8. The lowest BCUT2D eigenvalue weighted by atomic mass is 10.1. The third-order valence-corrected chi connectivity index (χ3v) is 3.29. The molecule has 0 aromatic heterocycles. The third kappa shape index (κ3) is 3.91. The van der Waals surface area contributed by atoms with Crippen molar-refractivity contribution in [1.29, 1.82) is 5.26 Å². The quantitative estimate of drug-likeness (QED) is 0.844. The summed E-state index contributed by atoms with van der Waals surface area (Å²) in [5.41, 5.74) is 4.13. The Morgan fingerprint density at radius 1 is 1.15 bits per heavy atom. The highest BCUT2D eigenvalue weighted by molar-refractivity contribution is 5.37. The molecule has 0 amide bonds. The fraction of sp³-hybridized carbons (Fsp3) is 0.235. The summed E-state index contributed by atoms with van der Waals surface area (Å²) >= 11 is 0. The summed E-state index contributed by atoms with van der Waals surface area (Å²) in [5, 5.41) is 12.2. The van der Waals surface area contributed by atoms with E-state index in [0.717, 1.165) is 30.6 Å². The van der Waals surface area contributed by atoms with Crippen molar-refractivity contribution in [2.45, 2.75) is 19.9 Å². The highest BCUT2D eigenvalue weighted by Crippen LogP contribution is 2.10. The lowest BCUT2D eigenvalue weighted by Gasteiger charge is -2.08. The molecule has 2 rings (SSSR count). The first kappa shape index (κ1) is 14.2. The Morgan fingerprint density at radius 3 is 2.55 bits per heavy atom. The van der Waals surface area contributed by atoms with Crippen LogP contribution in [0.2, 0.25) is 0 Å². The number of hydrogen-bond acceptors (Lipinski definition) is 2. The molecule has 3 heteroatoms. The Kier molecular flexibility index (Phi) is 4.86. The van der Waals surface area contributed by atoms with Gasteiger partial charge in [-0.25, -0.2) is 4.39 Å². The van der Waals surface area contributed by atoms with Gasteiger partial charge < -0.3 is 5.32 Å². The summed E-state index contributed by atoms with van der Waals surface area (Å²) in [6.45, 7) is 3.63. The third-order valence-electron chi connectivity index (χ3n) is 3.29. The molecule has 0 atom stereocenters. The topological polar surface area (TPSA) is 35.8 Å². The van der Waals surface area contributed by atoms with Crippen molar-refractivity contribution in [2.24, 2.45) is 0 Å². The molecule has 0 saturated carbocycles. The van der Waals surface area contributed by atoms with E-state index in [0.29, 0.717) is 5.56 Å². The van der Waals surface area contributed by atoms with E-state index in [1.165, 1.54) is 17.7 Å². The van der Waals surface area contributed by atoms with Crippen LogP contribution in [0.1, 0.15) is 22.3 Å². The molecule has 2 nitrogen and oxygen atoms in total. The molecule has 102 valence electrons. The molecular weight excluding hydrogens is 251 g/mol. The predicted octanol–water partition coefficient (Wildman–Crippen LogP) is 3.34. The molecule has 0 heterocycles. The van der Waals surface area contributed by atoms with Gasteiger partial charge in [-0.15, -0.1) is 0 Å². The fourth-order valence-electron chi connectivity index (χ4n) is 2.07. The smallest absolute Gasteiger partial charge is 0.123 e. The molecule has 0 spiro atoms. The van der Waals surface area contributed by atoms with Crippen molar-refractivity contribution < 1.29 is 4.39 Å². The molecule has 0 aliphatic rings. The maximum atomic E-state index is 12.8. The number of aryl methyl sites for hydroxylation is 1. The van der Waals surface area contributed by atoms with Crippen molar-refractivity contribution in [2.75, 3.05) is 6.54 Å². The van der Waals surface area contributed by atoms with Gasteiger partial charge in [0, 0.05) is 6.54 Å². The van der Waals surface area contributed by atoms with E-state index < -0.39 is 0 Å². The molecule has 0 bridgehead atoms. The van der Waals surface area contributed by atoms with Gasteiger partial charge in [-0.1, -0.05) is 18.2 Å². The average molecular weight is 268 g/mol. The van der Waals surface area contributed by atoms with Crippen molar-refractivity contribution in [3.05, 3.63) is 70.5 Å². The van der Waals surface area contributed by atoms with Gasteiger partial charge >= 0.3 is 0 Å². The van der Waals surface area contributed by atoms with Crippen LogP contribution in [0.15, 0.2) is 42.5 Å². The Balaban J connectivity index is 1.81. The first-order valence-corrected chi connectivity index (χ1v) is 6.64. The minimum absolute atomic E-state index is 0.199. The van der Waals surface area contributed by atoms with Crippen molar-refractivity contribution in [3.8, 4) is 6.07 Å². The van der Waals surface area contributed by atoms with Gasteiger partial charge in [0.25, 0.3) is 0 Å². The SMILES string of the molecule is Cc1cc(C#N)ccc1CNCCc1ccc(F)cc1. The zero-order valence-corrected chi connectivity index (χ0v) is 11.5. The molecule has 20 heavy (non-hydrogen) atoms. The predicted molar refractivity (Wildman–Crippen MR) is 77.7 cm³/mol. The Hall–Kier alpha value is -2.18. The van der Waals surface area contributed by atoms with Gasteiger partial charge in [0.2, 0.25) is 0 Å². The maximum Gasteiger partial charge on any atom is 0.123 e. The second-order valence-electron chi connectivity index (χ2n) is 4.81. The van der Waals surface area contributed by atoms with Crippen LogP contribution in [0.4, 0.5) is 4.39 Å². The molecule has 0 radical (unpaired) electrons. The molecule has 2 aromatic carbocycles. The van der Waals surface area contributed by atoms with Crippen LogP contribution in [0.25, 0.3) is 0 Å². The molecule has 0 fully saturated rings. The van der Waals surface area contributed by atoms with Crippen LogP contribution in [-0.4, -0.2) is 6.54 Å². The minimum atomic E-state index is -0.199. The summed E-state index contributed by atoms with van der Waals surface area (Å²) in [7, 11) is 0. The minimum Gasteiger partial charge on any atom is -0.312 e. The number of nitriles is 1. The molecule has 0 aliphatic heterocycles. The number of nitrogens with one attached hydrogen (secondary N) is 1. The Bertz CT molecular complexity index is 612. The second kappa shape index (κ2) is 6.83. The Labute approximate surface area is 118 Å². The second-order valence-corrected chi connectivity index (χ2v) is 4.81. The molecular formula is C17H17FN2. The number of benzene rings is 2. The van der Waals surface area contributed by atoms with Gasteiger partial charge in [0.05, 0.1) is 11.6 Å². The first-order chi connectivity index (χ1) is 9.69. The van der Waals surface area contributed by atoms with Crippen LogP contribution in [0, 0.1) is 24.1 Å². The lowest BCUT2D eigenvalue weighted by molar-refractivity contribution is 0.626. The fourth-order valence-corrected chi connectivity index (χ4v) is 2.07. The van der Waals surface area contributed by atoms with Gasteiger partial charge in [0.15, 0.2) is 0 Å². The largest absolute Gasteiger partial charge is 0.312 e. The highest BCUT2D eigenvalue weighted by atomic mass is 19.1. The average Bonchev–Trinajstić information content (AvgIpc) is 2.46. The van der Waals surface area contributed by atoms with Crippen LogP contribution < -0.4 is 5.32 Å². The number of rotatable bonds is 5. The van der Waals surface area contributed by atoms with Crippen LogP contribution >= 0.6 is 0 Å². The molecule has 2 aromatic rings. The zero-order valence-electron chi connectivity index (χ0n) is 11.5. The number of nitrogens with zero attached hydrogens (tertiary/aromatic N) is 1. The molecule has 0 saturated heterocycles. The van der Waals surface area contributed by atoms with E-state index in [9.17, 15) is 4.39 Å². The summed E-state index contributed by atoms with van der Waals surface area (Å²) in [5.74, 6) is -0.199. The van der Waals surface area contributed by atoms with Gasteiger partial charge in [-0.3, -0.25) is 0 Å². The van der Waals surface area contributed by atoms with E-state index >= 15 is 0 Å². The normalized spacial score (nSPS) is 10.2. The van der Waals surface area contributed by atoms with Crippen molar-refractivity contribution >= 4 is 0 Å². The van der Waals surface area contributed by atoms with Crippen LogP contribution in [0.3, 0.4) is 0 Å². The van der Waals surface area contributed by atoms with E-state index in [4.69, 9.17) is 5.26 Å². The highest BCUT2D eigenvalue weighted by Gasteiger charge is 2.00. The molecule has 1 N–H and O–H groups in total. The summed E-state index contributed by atoms with van der Waals surface area (Å²) < 4.78 is 12.8. The first-order valence-electron chi connectivity index (χ1n) is 6.64. The van der Waals surface area contributed by atoms with Crippen LogP contribution in [0.5, 0.6) is 0 Å². The molecule has 0 aliphatic carbocycles.